The molecule has 0 saturated heterocycles. The number of anilines is 1. The van der Waals surface area contributed by atoms with Gasteiger partial charge in [0.1, 0.15) is 17.4 Å². The smallest absolute Gasteiger partial charge is 0.264 e. The molecule has 3 aromatic carbocycles. The Kier molecular flexibility index (Phi) is 5.86. The van der Waals surface area contributed by atoms with Gasteiger partial charge in [-0.25, -0.2) is 17.2 Å². The van der Waals surface area contributed by atoms with Crippen LogP contribution < -0.4 is 9.04 Å². The molecule has 28 heavy (non-hydrogen) atoms. The van der Waals surface area contributed by atoms with E-state index in [9.17, 15) is 17.2 Å². The minimum Gasteiger partial charge on any atom is -0.497 e. The zero-order chi connectivity index (χ0) is 20.3. The third-order valence-electron chi connectivity index (χ3n) is 4.11. The second kappa shape index (κ2) is 8.16. The normalized spacial score (nSPS) is 11.3. The van der Waals surface area contributed by atoms with Crippen LogP contribution in [0.15, 0.2) is 71.6 Å². The van der Waals surface area contributed by atoms with Gasteiger partial charge in [-0.15, -0.1) is 0 Å². The van der Waals surface area contributed by atoms with Gasteiger partial charge < -0.3 is 4.74 Å². The van der Waals surface area contributed by atoms with E-state index < -0.39 is 28.2 Å². The van der Waals surface area contributed by atoms with Crippen LogP contribution in [0.1, 0.15) is 5.56 Å². The maximum Gasteiger partial charge on any atom is 0.264 e. The van der Waals surface area contributed by atoms with Gasteiger partial charge >= 0.3 is 0 Å². The minimum atomic E-state index is -4.14. The molecule has 0 aliphatic carbocycles. The van der Waals surface area contributed by atoms with Crippen molar-refractivity contribution in [2.75, 3.05) is 11.4 Å². The van der Waals surface area contributed by atoms with Crippen molar-refractivity contribution in [3.8, 4) is 5.75 Å². The first-order chi connectivity index (χ1) is 13.3. The molecule has 4 nitrogen and oxygen atoms in total. The summed E-state index contributed by atoms with van der Waals surface area (Å²) in [5.74, 6) is -0.792. The summed E-state index contributed by atoms with van der Waals surface area (Å²) in [6.45, 7) is -0.399. The Morgan fingerprint density at radius 2 is 1.68 bits per heavy atom. The van der Waals surface area contributed by atoms with Crippen LogP contribution in [0.4, 0.5) is 14.5 Å². The lowest BCUT2D eigenvalue weighted by Crippen LogP contribution is -2.31. The molecule has 0 saturated carbocycles. The summed E-state index contributed by atoms with van der Waals surface area (Å²) in [7, 11) is -2.68. The molecule has 0 heterocycles. The van der Waals surface area contributed by atoms with Gasteiger partial charge in [-0.1, -0.05) is 23.7 Å². The fourth-order valence-electron chi connectivity index (χ4n) is 2.65. The first-order valence-electron chi connectivity index (χ1n) is 8.18. The molecule has 0 aliphatic rings. The quantitative estimate of drug-likeness (QED) is 0.559. The van der Waals surface area contributed by atoms with Crippen molar-refractivity contribution in [1.82, 2.24) is 0 Å². The zero-order valence-electron chi connectivity index (χ0n) is 14.8. The molecule has 8 heteroatoms. The molecule has 0 fully saturated rings. The number of hydrogen-bond acceptors (Lipinski definition) is 3. The number of benzene rings is 3. The lowest BCUT2D eigenvalue weighted by Gasteiger charge is -2.25. The molecule has 0 spiro atoms. The van der Waals surface area contributed by atoms with E-state index in [4.69, 9.17) is 16.3 Å². The highest BCUT2D eigenvalue weighted by molar-refractivity contribution is 7.92. The fourth-order valence-corrected chi connectivity index (χ4v) is 4.30. The molecular formula is C20H16ClF2NO3S. The average molecular weight is 424 g/mol. The van der Waals surface area contributed by atoms with Crippen molar-refractivity contribution in [2.24, 2.45) is 0 Å². The Morgan fingerprint density at radius 1 is 1.00 bits per heavy atom. The van der Waals surface area contributed by atoms with E-state index in [1.807, 2.05) is 0 Å². The first-order valence-corrected chi connectivity index (χ1v) is 10.00. The summed E-state index contributed by atoms with van der Waals surface area (Å²) in [6.07, 6.45) is 0. The molecule has 0 aliphatic heterocycles. The van der Waals surface area contributed by atoms with E-state index in [0.29, 0.717) is 5.75 Å². The second-order valence-electron chi connectivity index (χ2n) is 5.87. The van der Waals surface area contributed by atoms with Crippen LogP contribution in [0.3, 0.4) is 0 Å². The summed E-state index contributed by atoms with van der Waals surface area (Å²) in [5, 5.41) is 0.0753. The number of sulfonamides is 1. The van der Waals surface area contributed by atoms with Gasteiger partial charge in [0.2, 0.25) is 0 Å². The van der Waals surface area contributed by atoms with Crippen LogP contribution in [-0.4, -0.2) is 15.5 Å². The monoisotopic (exact) mass is 423 g/mol. The summed E-state index contributed by atoms with van der Waals surface area (Å²) >= 11 is 6.08. The number of nitrogens with zero attached hydrogens (tertiary/aromatic N) is 1. The lowest BCUT2D eigenvalue weighted by atomic mass is 10.2. The molecule has 0 amide bonds. The van der Waals surface area contributed by atoms with Gasteiger partial charge in [0.25, 0.3) is 10.0 Å². The first kappa shape index (κ1) is 20.1. The van der Waals surface area contributed by atoms with Crippen LogP contribution >= 0.6 is 11.6 Å². The topological polar surface area (TPSA) is 46.6 Å². The highest BCUT2D eigenvalue weighted by Crippen LogP contribution is 2.30. The molecule has 0 bridgehead atoms. The molecule has 3 aromatic rings. The summed E-state index contributed by atoms with van der Waals surface area (Å²) in [6, 6.07) is 14.9. The van der Waals surface area contributed by atoms with Crippen LogP contribution in [0.25, 0.3) is 0 Å². The van der Waals surface area contributed by atoms with E-state index in [-0.39, 0.29) is 21.2 Å². The summed E-state index contributed by atoms with van der Waals surface area (Å²) in [4.78, 5) is -0.0509. The van der Waals surface area contributed by atoms with E-state index in [1.165, 1.54) is 67.8 Å². The maximum atomic E-state index is 14.3. The highest BCUT2D eigenvalue weighted by Gasteiger charge is 2.27. The van der Waals surface area contributed by atoms with Gasteiger partial charge in [-0.2, -0.15) is 0 Å². The maximum absolute atomic E-state index is 14.3. The molecule has 3 rings (SSSR count). The number of methoxy groups -OCH3 is 1. The Morgan fingerprint density at radius 3 is 2.29 bits per heavy atom. The zero-order valence-corrected chi connectivity index (χ0v) is 16.3. The van der Waals surface area contributed by atoms with Crippen molar-refractivity contribution < 1.29 is 21.9 Å². The Labute approximate surface area is 167 Å². The van der Waals surface area contributed by atoms with Crippen molar-refractivity contribution in [2.45, 2.75) is 11.4 Å². The van der Waals surface area contributed by atoms with Crippen molar-refractivity contribution in [1.29, 1.82) is 0 Å². The molecule has 0 aromatic heterocycles. The number of rotatable bonds is 6. The Bertz CT molecular complexity index is 1070. The van der Waals surface area contributed by atoms with Crippen molar-refractivity contribution in [3.05, 3.63) is 89.0 Å². The molecule has 146 valence electrons. The molecular weight excluding hydrogens is 408 g/mol. The minimum absolute atomic E-state index is 0.00878. The largest absolute Gasteiger partial charge is 0.497 e. The van der Waals surface area contributed by atoms with Crippen LogP contribution in [0.2, 0.25) is 5.02 Å². The Hall–Kier alpha value is -2.64. The number of ether oxygens (including phenoxy) is 1. The van der Waals surface area contributed by atoms with Gasteiger partial charge in [0.05, 0.1) is 24.2 Å². The van der Waals surface area contributed by atoms with Crippen LogP contribution in [-0.2, 0) is 16.6 Å². The van der Waals surface area contributed by atoms with E-state index in [0.717, 1.165) is 10.4 Å². The second-order valence-corrected chi connectivity index (χ2v) is 8.14. The fraction of sp³-hybridized carbons (Fsp3) is 0.100. The van der Waals surface area contributed by atoms with Gasteiger partial charge in [-0.3, -0.25) is 4.31 Å². The molecule has 0 unspecified atom stereocenters. The summed E-state index contributed by atoms with van der Waals surface area (Å²) in [5.41, 5.74) is 0.0423. The number of halogens is 3. The van der Waals surface area contributed by atoms with Gasteiger partial charge in [0.15, 0.2) is 0 Å². The van der Waals surface area contributed by atoms with E-state index in [2.05, 4.69) is 0 Å². The standard InChI is InChI=1S/C20H16ClF2NO3S/c1-27-16-8-10-17(11-9-16)28(25,26)24(15-5-2-4-14(22)12-15)13-18-19(21)6-3-7-20(18)23/h2-12H,13H2,1H3. The van der Waals surface area contributed by atoms with Crippen LogP contribution in [0.5, 0.6) is 5.75 Å². The van der Waals surface area contributed by atoms with E-state index in [1.54, 1.807) is 0 Å². The predicted molar refractivity (Wildman–Crippen MR) is 104 cm³/mol. The third-order valence-corrected chi connectivity index (χ3v) is 6.25. The summed E-state index contributed by atoms with van der Waals surface area (Å²) < 4.78 is 60.6. The van der Waals surface area contributed by atoms with Gasteiger partial charge in [-0.05, 0) is 54.6 Å². The molecule has 0 atom stereocenters. The average Bonchev–Trinajstić information content (AvgIpc) is 2.67. The number of hydrogen-bond donors (Lipinski definition) is 0. The SMILES string of the molecule is COc1ccc(S(=O)(=O)N(Cc2c(F)cccc2Cl)c2cccc(F)c2)cc1. The predicted octanol–water partition coefficient (Wildman–Crippen LogP) is 5.02. The lowest BCUT2D eigenvalue weighted by molar-refractivity contribution is 0.414. The highest BCUT2D eigenvalue weighted by atomic mass is 35.5. The van der Waals surface area contributed by atoms with Gasteiger partial charge in [0, 0.05) is 10.6 Å². The molecule has 0 radical (unpaired) electrons. The molecule has 0 N–H and O–H groups in total. The van der Waals surface area contributed by atoms with Crippen molar-refractivity contribution >= 4 is 27.3 Å². The third kappa shape index (κ3) is 4.10. The van der Waals surface area contributed by atoms with Crippen molar-refractivity contribution in [3.63, 3.8) is 0 Å². The Balaban J connectivity index is 2.12. The van der Waals surface area contributed by atoms with Crippen LogP contribution in [0, 0.1) is 11.6 Å². The van der Waals surface area contributed by atoms with E-state index >= 15 is 0 Å².